The minimum absolute atomic E-state index is 0.0717. The van der Waals surface area contributed by atoms with Crippen LogP contribution in [0.15, 0.2) is 120 Å². The Morgan fingerprint density at radius 2 is 1.18 bits per heavy atom. The van der Waals surface area contributed by atoms with Crippen LogP contribution in [0.5, 0.6) is 5.75 Å². The standard InChI is InChI=1S/C23H19OS3.C4HF9O3S/c1-24-18-12-14-19(15-13-18)25-22-16-17-23(26-22)27(20-8-4-2-5-9-20)21-10-6-3-7-11-21;5-1(6,3(9,10)11)2(7,8)4(12,13)17(14,15)16/h2-17H,1H3;(H,14,15,16)/q+1;/p-1. The topological polar surface area (TPSA) is 66.4 Å². The van der Waals surface area contributed by atoms with Gasteiger partial charge in [0.25, 0.3) is 0 Å². The zero-order chi connectivity index (χ0) is 33.0. The van der Waals surface area contributed by atoms with E-state index in [-0.39, 0.29) is 10.9 Å². The van der Waals surface area contributed by atoms with Gasteiger partial charge in [0, 0.05) is 11.0 Å². The van der Waals surface area contributed by atoms with Crippen LogP contribution in [0.1, 0.15) is 0 Å². The fourth-order valence-corrected chi connectivity index (χ4v) is 8.64. The molecule has 4 rings (SSSR count). The van der Waals surface area contributed by atoms with Crippen molar-refractivity contribution >= 4 is 44.1 Å². The summed E-state index contributed by atoms with van der Waals surface area (Å²) in [7, 11) is -5.79. The number of ether oxygens (including phenoxy) is 1. The summed E-state index contributed by atoms with van der Waals surface area (Å²) in [6.07, 6.45) is -7.16. The lowest BCUT2D eigenvalue weighted by molar-refractivity contribution is -0.382. The molecular weight excluding hydrogens is 688 g/mol. The van der Waals surface area contributed by atoms with Crippen molar-refractivity contribution in [2.75, 3.05) is 7.11 Å². The second kappa shape index (κ2) is 13.6. The first-order chi connectivity index (χ1) is 20.3. The Kier molecular flexibility index (Phi) is 11.0. The second-order valence-corrected chi connectivity index (χ2v) is 14.5. The Morgan fingerprint density at radius 1 is 0.705 bits per heavy atom. The molecule has 3 aromatic carbocycles. The number of rotatable bonds is 9. The fraction of sp³-hybridized carbons (Fsp3) is 0.185. The molecule has 0 bridgehead atoms. The van der Waals surface area contributed by atoms with Crippen LogP contribution in [0.25, 0.3) is 0 Å². The molecule has 17 heteroatoms. The van der Waals surface area contributed by atoms with Gasteiger partial charge in [0.1, 0.15) is 16.6 Å². The van der Waals surface area contributed by atoms with Crippen LogP contribution in [0.4, 0.5) is 39.5 Å². The van der Waals surface area contributed by atoms with Gasteiger partial charge < -0.3 is 9.29 Å². The van der Waals surface area contributed by atoms with Gasteiger partial charge in [-0.3, -0.25) is 0 Å². The predicted molar refractivity (Wildman–Crippen MR) is 147 cm³/mol. The van der Waals surface area contributed by atoms with Crippen molar-refractivity contribution in [2.45, 2.75) is 46.4 Å². The number of benzene rings is 3. The molecule has 0 aliphatic carbocycles. The van der Waals surface area contributed by atoms with Crippen LogP contribution in [0.2, 0.25) is 0 Å². The molecule has 0 unspecified atom stereocenters. The summed E-state index contributed by atoms with van der Waals surface area (Å²) in [4.78, 5) is 3.93. The fourth-order valence-electron chi connectivity index (χ4n) is 3.23. The maximum atomic E-state index is 12.2. The Bertz CT molecular complexity index is 1570. The van der Waals surface area contributed by atoms with Gasteiger partial charge in [0.05, 0.1) is 11.3 Å². The van der Waals surface area contributed by atoms with Crippen molar-refractivity contribution in [1.82, 2.24) is 0 Å². The third-order valence-corrected chi connectivity index (χ3v) is 11.1. The van der Waals surface area contributed by atoms with E-state index in [2.05, 4.69) is 84.9 Å². The molecule has 1 aromatic heterocycles. The molecule has 0 saturated carbocycles. The van der Waals surface area contributed by atoms with Crippen LogP contribution in [0, 0.1) is 0 Å². The summed E-state index contributed by atoms with van der Waals surface area (Å²) < 4.78 is 143. The predicted octanol–water partition coefficient (Wildman–Crippen LogP) is 8.96. The summed E-state index contributed by atoms with van der Waals surface area (Å²) in [5, 5.41) is -7.11. The lowest BCUT2D eigenvalue weighted by Gasteiger charge is -2.34. The van der Waals surface area contributed by atoms with Crippen molar-refractivity contribution in [3.05, 3.63) is 97.1 Å². The molecule has 0 saturated heterocycles. The normalized spacial score (nSPS) is 12.9. The van der Waals surface area contributed by atoms with Gasteiger partial charge in [-0.05, 0) is 54.6 Å². The van der Waals surface area contributed by atoms with Crippen molar-refractivity contribution in [3.8, 4) is 5.75 Å². The Hall–Kier alpha value is -2.86. The third-order valence-electron chi connectivity index (χ3n) is 5.42. The molecule has 0 amide bonds. The Labute approximate surface area is 257 Å². The van der Waals surface area contributed by atoms with Gasteiger partial charge in [-0.25, -0.2) is 8.42 Å². The van der Waals surface area contributed by atoms with Crippen LogP contribution < -0.4 is 4.74 Å². The smallest absolute Gasteiger partial charge is 0.460 e. The molecular formula is C27H19F9O4S4. The first kappa shape index (κ1) is 35.6. The maximum Gasteiger partial charge on any atom is 0.460 e. The van der Waals surface area contributed by atoms with Crippen LogP contribution in [0.3, 0.4) is 0 Å². The lowest BCUT2D eigenvalue weighted by atomic mass is 10.1. The van der Waals surface area contributed by atoms with Gasteiger partial charge in [0.2, 0.25) is 4.21 Å². The molecule has 0 fully saturated rings. The molecule has 0 aliphatic rings. The zero-order valence-corrected chi connectivity index (χ0v) is 25.2. The molecule has 0 spiro atoms. The second-order valence-electron chi connectivity index (χ2n) is 8.40. The van der Waals surface area contributed by atoms with E-state index in [0.717, 1.165) is 5.75 Å². The quantitative estimate of drug-likeness (QED) is 0.0988. The number of hydrogen-bond acceptors (Lipinski definition) is 6. The van der Waals surface area contributed by atoms with E-state index < -0.39 is 33.4 Å². The molecule has 0 radical (unpaired) electrons. The number of halogens is 9. The van der Waals surface area contributed by atoms with E-state index in [9.17, 15) is 52.5 Å². The van der Waals surface area contributed by atoms with Gasteiger partial charge in [0.15, 0.2) is 19.9 Å². The highest BCUT2D eigenvalue weighted by atomic mass is 32.2. The van der Waals surface area contributed by atoms with E-state index >= 15 is 0 Å². The van der Waals surface area contributed by atoms with E-state index in [1.807, 2.05) is 23.5 Å². The summed E-state index contributed by atoms with van der Waals surface area (Å²) in [6, 6.07) is 34.3. The monoisotopic (exact) mass is 706 g/mol. The number of alkyl halides is 9. The average molecular weight is 707 g/mol. The molecule has 0 N–H and O–H groups in total. The van der Waals surface area contributed by atoms with Crippen molar-refractivity contribution in [3.63, 3.8) is 0 Å². The maximum absolute atomic E-state index is 12.2. The summed E-state index contributed by atoms with van der Waals surface area (Å²) in [6.45, 7) is 0. The van der Waals surface area contributed by atoms with E-state index in [1.54, 1.807) is 18.9 Å². The van der Waals surface area contributed by atoms with Crippen molar-refractivity contribution < 1.29 is 57.2 Å². The highest BCUT2D eigenvalue weighted by Crippen LogP contribution is 2.54. The van der Waals surface area contributed by atoms with Crippen molar-refractivity contribution in [1.29, 1.82) is 0 Å². The lowest BCUT2D eigenvalue weighted by Crippen LogP contribution is -2.63. The van der Waals surface area contributed by atoms with Gasteiger partial charge >= 0.3 is 23.3 Å². The van der Waals surface area contributed by atoms with Gasteiger partial charge in [-0.2, -0.15) is 39.5 Å². The average Bonchev–Trinajstić information content (AvgIpc) is 3.41. The van der Waals surface area contributed by atoms with Crippen molar-refractivity contribution in [2.24, 2.45) is 0 Å². The van der Waals surface area contributed by atoms with Crippen LogP contribution >= 0.6 is 23.1 Å². The van der Waals surface area contributed by atoms with Gasteiger partial charge in [-0.15, -0.1) is 0 Å². The number of hydrogen-bond donors (Lipinski definition) is 0. The summed E-state index contributed by atoms with van der Waals surface area (Å²) in [5.41, 5.74) is 0. The summed E-state index contributed by atoms with van der Waals surface area (Å²) >= 11 is 3.68. The first-order valence-corrected chi connectivity index (χ1v) is 16.0. The number of methoxy groups -OCH3 is 1. The Morgan fingerprint density at radius 3 is 1.59 bits per heavy atom. The highest BCUT2D eigenvalue weighted by molar-refractivity contribution is 8.02. The molecule has 0 aliphatic heterocycles. The Balaban J connectivity index is 0.000000271. The first-order valence-electron chi connectivity index (χ1n) is 11.7. The minimum Gasteiger partial charge on any atom is -0.743 e. The largest absolute Gasteiger partial charge is 0.743 e. The van der Waals surface area contributed by atoms with E-state index in [4.69, 9.17) is 4.74 Å². The molecule has 1 heterocycles. The zero-order valence-electron chi connectivity index (χ0n) is 21.9. The highest BCUT2D eigenvalue weighted by Gasteiger charge is 2.83. The van der Waals surface area contributed by atoms with Crippen LogP contribution in [-0.2, 0) is 21.0 Å². The molecule has 238 valence electrons. The summed E-state index contributed by atoms with van der Waals surface area (Å²) in [5.74, 6) is -13.9. The van der Waals surface area contributed by atoms with E-state index in [1.165, 1.54) is 23.1 Å². The number of thiophene rings is 1. The van der Waals surface area contributed by atoms with E-state index in [0.29, 0.717) is 0 Å². The van der Waals surface area contributed by atoms with Crippen LogP contribution in [-0.4, -0.2) is 43.4 Å². The van der Waals surface area contributed by atoms with Gasteiger partial charge in [-0.1, -0.05) is 59.5 Å². The molecule has 44 heavy (non-hydrogen) atoms. The molecule has 0 atom stereocenters. The SMILES string of the molecule is COc1ccc(Sc2ccc([S+](c3ccccc3)c3ccccc3)s2)cc1.O=S(=O)([O-])C(F)(F)C(F)(F)C(F)(F)C(F)(F)F. The molecule has 4 nitrogen and oxygen atoms in total. The minimum atomic E-state index is -7.43. The third kappa shape index (κ3) is 7.67. The molecule has 4 aromatic rings.